The van der Waals surface area contributed by atoms with E-state index in [2.05, 4.69) is 15.6 Å². The third kappa shape index (κ3) is 10.8. The maximum Gasteiger partial charge on any atom is 0.422 e. The van der Waals surface area contributed by atoms with Crippen LogP contribution in [0.3, 0.4) is 0 Å². The first-order valence-corrected chi connectivity index (χ1v) is 8.63. The molecule has 0 aromatic heterocycles. The van der Waals surface area contributed by atoms with Gasteiger partial charge in [0.25, 0.3) is 0 Å². The van der Waals surface area contributed by atoms with Crippen LogP contribution in [-0.4, -0.2) is 43.8 Å². The number of benzene rings is 1. The largest absolute Gasteiger partial charge is 0.484 e. The molecule has 0 bridgehead atoms. The summed E-state index contributed by atoms with van der Waals surface area (Å²) in [6, 6.07) is 6.53. The van der Waals surface area contributed by atoms with Crippen molar-refractivity contribution in [2.75, 3.05) is 31.7 Å². The molecular formula is C15H23F3IN3OS. The number of ether oxygens (including phenoxy) is 1. The average molecular weight is 477 g/mol. The van der Waals surface area contributed by atoms with Gasteiger partial charge in [0.1, 0.15) is 5.75 Å². The summed E-state index contributed by atoms with van der Waals surface area (Å²) in [5.74, 6) is 1.84. The summed E-state index contributed by atoms with van der Waals surface area (Å²) in [7, 11) is 0. The van der Waals surface area contributed by atoms with Crippen LogP contribution >= 0.6 is 35.7 Å². The molecule has 9 heteroatoms. The fourth-order valence-electron chi connectivity index (χ4n) is 1.68. The molecule has 138 valence electrons. The van der Waals surface area contributed by atoms with E-state index in [-0.39, 0.29) is 29.7 Å². The molecule has 1 aromatic carbocycles. The predicted octanol–water partition coefficient (Wildman–Crippen LogP) is 3.66. The summed E-state index contributed by atoms with van der Waals surface area (Å²) >= 11 is 1.73. The van der Waals surface area contributed by atoms with Crippen LogP contribution in [0.4, 0.5) is 13.2 Å². The molecule has 0 aliphatic heterocycles. The van der Waals surface area contributed by atoms with Gasteiger partial charge in [-0.15, -0.1) is 24.0 Å². The lowest BCUT2D eigenvalue weighted by atomic mass is 10.2. The van der Waals surface area contributed by atoms with Gasteiger partial charge in [-0.1, -0.05) is 12.1 Å². The molecule has 1 rings (SSSR count). The Morgan fingerprint density at radius 3 is 2.67 bits per heavy atom. The molecule has 0 amide bonds. The van der Waals surface area contributed by atoms with Crippen LogP contribution in [0.25, 0.3) is 0 Å². The van der Waals surface area contributed by atoms with Crippen LogP contribution in [0.15, 0.2) is 29.3 Å². The summed E-state index contributed by atoms with van der Waals surface area (Å²) in [6.07, 6.45) is -2.31. The van der Waals surface area contributed by atoms with E-state index in [1.54, 1.807) is 30.0 Å². The number of halogens is 4. The Hall–Kier alpha value is -0.840. The molecule has 0 saturated heterocycles. The topological polar surface area (TPSA) is 45.7 Å². The van der Waals surface area contributed by atoms with E-state index in [1.807, 2.05) is 13.2 Å². The van der Waals surface area contributed by atoms with Crippen molar-refractivity contribution in [1.82, 2.24) is 10.6 Å². The zero-order valence-electron chi connectivity index (χ0n) is 13.7. The standard InChI is InChI=1S/C15H22F3N3OS.HI/c1-3-19-14(20-7-8-23-2)21-10-12-5-4-6-13(9-12)22-11-15(16,17)18;/h4-6,9H,3,7-8,10-11H2,1-2H3,(H2,19,20,21);1H. The zero-order chi connectivity index (χ0) is 17.1. The Morgan fingerprint density at radius 2 is 2.04 bits per heavy atom. The third-order valence-electron chi connectivity index (χ3n) is 2.66. The van der Waals surface area contributed by atoms with E-state index in [0.717, 1.165) is 24.4 Å². The van der Waals surface area contributed by atoms with Crippen LogP contribution in [-0.2, 0) is 6.54 Å². The van der Waals surface area contributed by atoms with Gasteiger partial charge in [-0.2, -0.15) is 24.9 Å². The van der Waals surface area contributed by atoms with Crippen molar-refractivity contribution in [3.05, 3.63) is 29.8 Å². The number of aliphatic imine (C=N–C) groups is 1. The number of hydrogen-bond acceptors (Lipinski definition) is 3. The first-order chi connectivity index (χ1) is 10.9. The molecule has 1 aromatic rings. The van der Waals surface area contributed by atoms with Crippen LogP contribution in [0, 0.1) is 0 Å². The highest BCUT2D eigenvalue weighted by molar-refractivity contribution is 14.0. The number of thioether (sulfide) groups is 1. The summed E-state index contributed by atoms with van der Waals surface area (Å²) < 4.78 is 41.2. The quantitative estimate of drug-likeness (QED) is 0.260. The number of rotatable bonds is 8. The van der Waals surface area contributed by atoms with E-state index in [4.69, 9.17) is 4.74 Å². The highest BCUT2D eigenvalue weighted by atomic mass is 127. The summed E-state index contributed by atoms with van der Waals surface area (Å²) in [5, 5.41) is 6.31. The normalized spacial score (nSPS) is 11.6. The van der Waals surface area contributed by atoms with Crippen molar-refractivity contribution in [2.24, 2.45) is 4.99 Å². The summed E-state index contributed by atoms with van der Waals surface area (Å²) in [5.41, 5.74) is 0.784. The van der Waals surface area contributed by atoms with Crippen molar-refractivity contribution >= 4 is 41.7 Å². The molecule has 2 N–H and O–H groups in total. The number of alkyl halides is 3. The minimum absolute atomic E-state index is 0. The lowest BCUT2D eigenvalue weighted by molar-refractivity contribution is -0.153. The van der Waals surface area contributed by atoms with Crippen LogP contribution in [0.5, 0.6) is 5.75 Å². The van der Waals surface area contributed by atoms with Crippen LogP contribution in [0.2, 0.25) is 0 Å². The van der Waals surface area contributed by atoms with Crippen LogP contribution < -0.4 is 15.4 Å². The van der Waals surface area contributed by atoms with E-state index >= 15 is 0 Å². The maximum absolute atomic E-state index is 12.2. The molecule has 0 aliphatic carbocycles. The lowest BCUT2D eigenvalue weighted by Crippen LogP contribution is -2.38. The monoisotopic (exact) mass is 477 g/mol. The Bertz CT molecular complexity index is 501. The Labute approximate surface area is 162 Å². The van der Waals surface area contributed by atoms with Crippen molar-refractivity contribution in [2.45, 2.75) is 19.6 Å². The summed E-state index contributed by atoms with van der Waals surface area (Å²) in [6.45, 7) is 2.56. The molecule has 24 heavy (non-hydrogen) atoms. The molecule has 0 heterocycles. The fraction of sp³-hybridized carbons (Fsp3) is 0.533. The van der Waals surface area contributed by atoms with Gasteiger partial charge in [0, 0.05) is 18.8 Å². The van der Waals surface area contributed by atoms with Gasteiger partial charge in [-0.05, 0) is 30.9 Å². The lowest BCUT2D eigenvalue weighted by Gasteiger charge is -2.11. The van der Waals surface area contributed by atoms with E-state index in [9.17, 15) is 13.2 Å². The van der Waals surface area contributed by atoms with Gasteiger partial charge < -0.3 is 15.4 Å². The molecule has 0 fully saturated rings. The average Bonchev–Trinajstić information content (AvgIpc) is 2.50. The van der Waals surface area contributed by atoms with E-state index in [1.165, 1.54) is 6.07 Å². The minimum Gasteiger partial charge on any atom is -0.484 e. The molecule has 0 saturated carbocycles. The Morgan fingerprint density at radius 1 is 1.29 bits per heavy atom. The predicted molar refractivity (Wildman–Crippen MR) is 105 cm³/mol. The fourth-order valence-corrected chi connectivity index (χ4v) is 1.99. The molecule has 0 radical (unpaired) electrons. The van der Waals surface area contributed by atoms with Gasteiger partial charge in [-0.3, -0.25) is 0 Å². The molecule has 4 nitrogen and oxygen atoms in total. The third-order valence-corrected chi connectivity index (χ3v) is 3.28. The van der Waals surface area contributed by atoms with Gasteiger partial charge in [0.15, 0.2) is 12.6 Å². The van der Waals surface area contributed by atoms with Crippen molar-refractivity contribution in [3.8, 4) is 5.75 Å². The zero-order valence-corrected chi connectivity index (χ0v) is 16.8. The first-order valence-electron chi connectivity index (χ1n) is 7.24. The first kappa shape index (κ1) is 23.2. The van der Waals surface area contributed by atoms with Gasteiger partial charge >= 0.3 is 6.18 Å². The van der Waals surface area contributed by atoms with Gasteiger partial charge in [0.2, 0.25) is 0 Å². The summed E-state index contributed by atoms with van der Waals surface area (Å²) in [4.78, 5) is 4.41. The van der Waals surface area contributed by atoms with Crippen LogP contribution in [0.1, 0.15) is 12.5 Å². The number of hydrogen-bond donors (Lipinski definition) is 2. The van der Waals surface area contributed by atoms with Crippen molar-refractivity contribution in [3.63, 3.8) is 0 Å². The van der Waals surface area contributed by atoms with Crippen molar-refractivity contribution in [1.29, 1.82) is 0 Å². The Kier molecular flexibility index (Phi) is 12.1. The smallest absolute Gasteiger partial charge is 0.422 e. The SMILES string of the molecule is CCNC(=NCc1cccc(OCC(F)(F)F)c1)NCCSC.I. The van der Waals surface area contributed by atoms with E-state index < -0.39 is 12.8 Å². The minimum atomic E-state index is -4.34. The van der Waals surface area contributed by atoms with Crippen molar-refractivity contribution < 1.29 is 17.9 Å². The molecule has 0 spiro atoms. The van der Waals surface area contributed by atoms with Gasteiger partial charge in [-0.25, -0.2) is 4.99 Å². The second-order valence-corrected chi connectivity index (χ2v) is 5.65. The number of guanidine groups is 1. The second-order valence-electron chi connectivity index (χ2n) is 4.67. The molecule has 0 atom stereocenters. The highest BCUT2D eigenvalue weighted by Crippen LogP contribution is 2.19. The molecule has 0 aliphatic rings. The Balaban J connectivity index is 0.00000529. The number of nitrogens with one attached hydrogen (secondary N) is 2. The highest BCUT2D eigenvalue weighted by Gasteiger charge is 2.28. The second kappa shape index (κ2) is 12.5. The molecule has 0 unspecified atom stereocenters. The van der Waals surface area contributed by atoms with E-state index in [0.29, 0.717) is 12.5 Å². The maximum atomic E-state index is 12.2. The molecular weight excluding hydrogens is 454 g/mol. The van der Waals surface area contributed by atoms with Gasteiger partial charge in [0.05, 0.1) is 6.54 Å². The number of nitrogens with zero attached hydrogens (tertiary/aromatic N) is 1.